The number of anilines is 2. The molecule has 0 aliphatic carbocycles. The maximum atomic E-state index is 13.1. The van der Waals surface area contributed by atoms with E-state index in [1.807, 2.05) is 0 Å². The normalized spacial score (nSPS) is 11.2. The van der Waals surface area contributed by atoms with Gasteiger partial charge in [-0.05, 0) is 54.5 Å². The third-order valence-corrected chi connectivity index (χ3v) is 7.34. The van der Waals surface area contributed by atoms with Crippen LogP contribution in [0.25, 0.3) is 0 Å². The number of hydrogen-bond donors (Lipinski definition) is 3. The standard InChI is InChI=1S/C21H22N4O6S2/c1-11-9-12(2)17(13(3)14(11)10-16(26)27)24-20(28)18-15(5-8-32-18)33(29,30)25-19-21(31-4)23-7-6-22-19/h5-9H,10H2,1-4H3,(H,22,25)(H,24,28)(H,26,27). The molecule has 0 saturated carbocycles. The monoisotopic (exact) mass is 490 g/mol. The van der Waals surface area contributed by atoms with Crippen molar-refractivity contribution in [2.24, 2.45) is 0 Å². The fourth-order valence-electron chi connectivity index (χ4n) is 3.41. The van der Waals surface area contributed by atoms with Crippen LogP contribution in [0, 0.1) is 20.8 Å². The zero-order chi connectivity index (χ0) is 24.3. The van der Waals surface area contributed by atoms with E-state index in [1.165, 1.54) is 30.9 Å². The second-order valence-electron chi connectivity index (χ2n) is 7.15. The summed E-state index contributed by atoms with van der Waals surface area (Å²) in [5.41, 5.74) is 3.19. The first-order valence-electron chi connectivity index (χ1n) is 9.63. The van der Waals surface area contributed by atoms with Crippen molar-refractivity contribution < 1.29 is 27.9 Å². The molecule has 2 heterocycles. The largest absolute Gasteiger partial charge is 0.481 e. The van der Waals surface area contributed by atoms with Crippen molar-refractivity contribution in [3.63, 3.8) is 0 Å². The maximum absolute atomic E-state index is 13.1. The van der Waals surface area contributed by atoms with Crippen LogP contribution in [0.5, 0.6) is 5.88 Å². The molecule has 0 spiro atoms. The summed E-state index contributed by atoms with van der Waals surface area (Å²) in [5.74, 6) is -1.74. The molecular formula is C21H22N4O6S2. The Hall–Kier alpha value is -3.51. The maximum Gasteiger partial charge on any atom is 0.307 e. The molecule has 12 heteroatoms. The van der Waals surface area contributed by atoms with Crippen molar-refractivity contribution in [2.45, 2.75) is 32.1 Å². The van der Waals surface area contributed by atoms with Crippen LogP contribution in [0.2, 0.25) is 0 Å². The average Bonchev–Trinajstić information content (AvgIpc) is 3.25. The fraction of sp³-hybridized carbons (Fsp3) is 0.238. The Morgan fingerprint density at radius 2 is 1.85 bits per heavy atom. The van der Waals surface area contributed by atoms with Crippen LogP contribution in [0.4, 0.5) is 11.5 Å². The number of rotatable bonds is 8. The van der Waals surface area contributed by atoms with Crippen molar-refractivity contribution in [2.75, 3.05) is 17.1 Å². The molecule has 0 aliphatic heterocycles. The van der Waals surface area contributed by atoms with Crippen molar-refractivity contribution in [3.05, 3.63) is 57.0 Å². The van der Waals surface area contributed by atoms with Crippen molar-refractivity contribution in [3.8, 4) is 5.88 Å². The van der Waals surface area contributed by atoms with Gasteiger partial charge in [-0.2, -0.15) is 0 Å². The zero-order valence-corrected chi connectivity index (χ0v) is 19.9. The lowest BCUT2D eigenvalue weighted by atomic mass is 9.95. The van der Waals surface area contributed by atoms with Crippen molar-refractivity contribution >= 4 is 44.7 Å². The number of amides is 1. The van der Waals surface area contributed by atoms with Crippen molar-refractivity contribution in [1.82, 2.24) is 9.97 Å². The van der Waals surface area contributed by atoms with Crippen molar-refractivity contribution in [1.29, 1.82) is 0 Å². The van der Waals surface area contributed by atoms with Gasteiger partial charge in [-0.25, -0.2) is 18.4 Å². The summed E-state index contributed by atoms with van der Waals surface area (Å²) in [5, 5.41) is 13.5. The minimum Gasteiger partial charge on any atom is -0.481 e. The number of carbonyl (C=O) groups is 2. The Morgan fingerprint density at radius 1 is 1.15 bits per heavy atom. The van der Waals surface area contributed by atoms with Crippen LogP contribution in [0.3, 0.4) is 0 Å². The molecule has 3 N–H and O–H groups in total. The average molecular weight is 491 g/mol. The first-order valence-corrected chi connectivity index (χ1v) is 12.0. The molecule has 0 aliphatic rings. The van der Waals surface area contributed by atoms with Gasteiger partial charge in [-0.1, -0.05) is 6.07 Å². The molecule has 0 bridgehead atoms. The number of thiophene rings is 1. The Labute approximate surface area is 194 Å². The number of nitrogens with zero attached hydrogens (tertiary/aromatic N) is 2. The molecule has 0 unspecified atom stereocenters. The molecule has 0 radical (unpaired) electrons. The number of carboxylic acids is 1. The van der Waals surface area contributed by atoms with E-state index >= 15 is 0 Å². The molecule has 174 valence electrons. The summed E-state index contributed by atoms with van der Waals surface area (Å²) in [4.78, 5) is 31.9. The summed E-state index contributed by atoms with van der Waals surface area (Å²) in [6.45, 7) is 5.32. The van der Waals surface area contributed by atoms with Gasteiger partial charge in [0.25, 0.3) is 21.8 Å². The van der Waals surface area contributed by atoms with Gasteiger partial charge in [0.1, 0.15) is 9.77 Å². The summed E-state index contributed by atoms with van der Waals surface area (Å²) in [6, 6.07) is 3.10. The van der Waals surface area contributed by atoms with Crippen LogP contribution in [0.1, 0.15) is 31.9 Å². The number of sulfonamides is 1. The van der Waals surface area contributed by atoms with E-state index in [4.69, 9.17) is 4.74 Å². The highest BCUT2D eigenvalue weighted by Crippen LogP contribution is 2.31. The van der Waals surface area contributed by atoms with Crippen LogP contribution >= 0.6 is 11.3 Å². The van der Waals surface area contributed by atoms with E-state index in [-0.39, 0.29) is 27.9 Å². The molecule has 3 aromatic rings. The molecule has 1 amide bonds. The number of carboxylic acid groups (broad SMARTS) is 1. The van der Waals surface area contributed by atoms with Gasteiger partial charge >= 0.3 is 5.97 Å². The minimum absolute atomic E-state index is 0.0147. The highest BCUT2D eigenvalue weighted by Gasteiger charge is 2.27. The quantitative estimate of drug-likeness (QED) is 0.436. The van der Waals surface area contributed by atoms with E-state index in [0.717, 1.165) is 22.5 Å². The molecule has 3 rings (SSSR count). The van der Waals surface area contributed by atoms with E-state index < -0.39 is 21.9 Å². The number of nitrogens with one attached hydrogen (secondary N) is 2. The topological polar surface area (TPSA) is 148 Å². The number of aryl methyl sites for hydroxylation is 2. The second-order valence-corrected chi connectivity index (χ2v) is 9.71. The first kappa shape index (κ1) is 24.1. The van der Waals surface area contributed by atoms with E-state index in [2.05, 4.69) is 20.0 Å². The predicted octanol–water partition coefficient (Wildman–Crippen LogP) is 3.15. The number of methoxy groups -OCH3 is 1. The molecule has 0 saturated heterocycles. The van der Waals surface area contributed by atoms with Crippen LogP contribution in [0.15, 0.2) is 34.8 Å². The Bertz CT molecular complexity index is 1330. The number of aliphatic carboxylic acids is 1. The third kappa shape index (κ3) is 5.12. The second kappa shape index (κ2) is 9.55. The van der Waals surface area contributed by atoms with Crippen LogP contribution < -0.4 is 14.8 Å². The molecule has 2 aromatic heterocycles. The summed E-state index contributed by atoms with van der Waals surface area (Å²) >= 11 is 0.961. The third-order valence-electron chi connectivity index (χ3n) is 4.91. The summed E-state index contributed by atoms with van der Waals surface area (Å²) in [6.07, 6.45) is 2.47. The molecule has 0 fully saturated rings. The SMILES string of the molecule is COc1nccnc1NS(=O)(=O)c1ccsc1C(=O)Nc1c(C)cc(C)c(CC(=O)O)c1C. The molecular weight excluding hydrogens is 468 g/mol. The number of hydrogen-bond acceptors (Lipinski definition) is 8. The molecule has 10 nitrogen and oxygen atoms in total. The lowest BCUT2D eigenvalue weighted by molar-refractivity contribution is -0.136. The molecule has 0 atom stereocenters. The number of ether oxygens (including phenoxy) is 1. The first-order chi connectivity index (χ1) is 15.5. The van der Waals surface area contributed by atoms with E-state index in [1.54, 1.807) is 26.8 Å². The Balaban J connectivity index is 1.94. The number of aromatic nitrogens is 2. The molecule has 1 aromatic carbocycles. The number of carbonyl (C=O) groups excluding carboxylic acids is 1. The Kier molecular flexibility index (Phi) is 6.98. The lowest BCUT2D eigenvalue weighted by Gasteiger charge is -2.17. The highest BCUT2D eigenvalue weighted by atomic mass is 32.2. The van der Waals surface area contributed by atoms with Gasteiger partial charge in [0.05, 0.1) is 13.5 Å². The molecule has 33 heavy (non-hydrogen) atoms. The van der Waals surface area contributed by atoms with Crippen LogP contribution in [-0.2, 0) is 21.2 Å². The zero-order valence-electron chi connectivity index (χ0n) is 18.3. The highest BCUT2D eigenvalue weighted by molar-refractivity contribution is 7.93. The lowest BCUT2D eigenvalue weighted by Crippen LogP contribution is -2.20. The predicted molar refractivity (Wildman–Crippen MR) is 124 cm³/mol. The Morgan fingerprint density at radius 3 is 2.52 bits per heavy atom. The van der Waals surface area contributed by atoms with Crippen LogP contribution in [-0.4, -0.2) is 42.5 Å². The van der Waals surface area contributed by atoms with Gasteiger partial charge in [0, 0.05) is 18.1 Å². The van der Waals surface area contributed by atoms with Gasteiger partial charge in [-0.3, -0.25) is 14.3 Å². The summed E-state index contributed by atoms with van der Waals surface area (Å²) < 4.78 is 33.3. The number of benzene rings is 1. The van der Waals surface area contributed by atoms with Gasteiger partial charge in [0.15, 0.2) is 0 Å². The van der Waals surface area contributed by atoms with Gasteiger partial charge in [0.2, 0.25) is 5.82 Å². The van der Waals surface area contributed by atoms with Gasteiger partial charge in [-0.15, -0.1) is 11.3 Å². The van der Waals surface area contributed by atoms with E-state index in [0.29, 0.717) is 16.8 Å². The fourth-order valence-corrected chi connectivity index (χ4v) is 5.74. The summed E-state index contributed by atoms with van der Waals surface area (Å²) in [7, 11) is -2.85. The minimum atomic E-state index is -4.18. The smallest absolute Gasteiger partial charge is 0.307 e. The van der Waals surface area contributed by atoms with E-state index in [9.17, 15) is 23.1 Å². The van der Waals surface area contributed by atoms with Gasteiger partial charge < -0.3 is 15.2 Å².